The van der Waals surface area contributed by atoms with E-state index in [1.165, 1.54) is 0 Å². The van der Waals surface area contributed by atoms with E-state index in [0.717, 1.165) is 11.3 Å². The maximum absolute atomic E-state index is 5.71. The highest BCUT2D eigenvalue weighted by Gasteiger charge is 2.08. The molecule has 0 saturated carbocycles. The number of hydrogen-bond donors (Lipinski definition) is 2. The summed E-state index contributed by atoms with van der Waals surface area (Å²) in [6, 6.07) is 0. The van der Waals surface area contributed by atoms with Gasteiger partial charge in [-0.25, -0.2) is 9.50 Å². The Balaban J connectivity index is 2.96. The average Bonchev–Trinajstić information content (AvgIpc) is 2.45. The zero-order chi connectivity index (χ0) is 9.59. The summed E-state index contributed by atoms with van der Waals surface area (Å²) in [6.07, 6.45) is 1.58. The number of anilines is 2. The smallest absolute Gasteiger partial charge is 0.180 e. The second kappa shape index (κ2) is 2.35. The molecule has 0 saturated heterocycles. The van der Waals surface area contributed by atoms with Crippen molar-refractivity contribution in [1.82, 2.24) is 14.6 Å². The van der Waals surface area contributed by atoms with Crippen LogP contribution in [0.2, 0.25) is 0 Å². The van der Waals surface area contributed by atoms with Gasteiger partial charge in [-0.2, -0.15) is 5.10 Å². The van der Waals surface area contributed by atoms with E-state index >= 15 is 0 Å². The molecule has 2 heterocycles. The first-order chi connectivity index (χ1) is 6.11. The lowest BCUT2D eigenvalue weighted by Crippen LogP contribution is -2.04. The fourth-order valence-electron chi connectivity index (χ4n) is 1.25. The number of fused-ring (bicyclic) bond motifs is 1. The van der Waals surface area contributed by atoms with Gasteiger partial charge >= 0.3 is 0 Å². The highest BCUT2D eigenvalue weighted by molar-refractivity contribution is 5.66. The van der Waals surface area contributed by atoms with Crippen LogP contribution in [0.3, 0.4) is 0 Å². The third-order valence-corrected chi connectivity index (χ3v) is 2.24. The number of rotatable bonds is 0. The number of nitrogens with two attached hydrogens (primary N) is 2. The van der Waals surface area contributed by atoms with Gasteiger partial charge in [0.1, 0.15) is 5.82 Å². The van der Waals surface area contributed by atoms with E-state index in [1.54, 1.807) is 10.7 Å². The van der Waals surface area contributed by atoms with E-state index in [1.807, 2.05) is 13.8 Å². The lowest BCUT2D eigenvalue weighted by molar-refractivity contribution is 0.884. The van der Waals surface area contributed by atoms with Gasteiger partial charge in [-0.1, -0.05) is 0 Å². The van der Waals surface area contributed by atoms with Crippen molar-refractivity contribution in [2.45, 2.75) is 13.8 Å². The Morgan fingerprint density at radius 3 is 2.69 bits per heavy atom. The number of nitrogens with zero attached hydrogens (tertiary/aromatic N) is 3. The minimum absolute atomic E-state index is 0.511. The summed E-state index contributed by atoms with van der Waals surface area (Å²) in [5.41, 5.74) is 14.5. The first kappa shape index (κ1) is 7.85. The molecular weight excluding hydrogens is 166 g/mol. The molecule has 0 aliphatic heterocycles. The van der Waals surface area contributed by atoms with Crippen LogP contribution in [0.15, 0.2) is 6.20 Å². The fourth-order valence-corrected chi connectivity index (χ4v) is 1.25. The van der Waals surface area contributed by atoms with Crippen LogP contribution in [0, 0.1) is 13.8 Å². The predicted octanol–water partition coefficient (Wildman–Crippen LogP) is 0.511. The number of aromatic nitrogens is 3. The molecule has 0 spiro atoms. The third kappa shape index (κ3) is 0.932. The monoisotopic (exact) mass is 177 g/mol. The van der Waals surface area contributed by atoms with Crippen LogP contribution in [0.4, 0.5) is 11.5 Å². The molecule has 68 valence electrons. The van der Waals surface area contributed by atoms with Gasteiger partial charge in [0.2, 0.25) is 0 Å². The summed E-state index contributed by atoms with van der Waals surface area (Å²) in [7, 11) is 0. The van der Waals surface area contributed by atoms with E-state index in [4.69, 9.17) is 11.5 Å². The second-order valence-electron chi connectivity index (χ2n) is 3.04. The molecule has 0 unspecified atom stereocenters. The molecule has 4 N–H and O–H groups in total. The quantitative estimate of drug-likeness (QED) is 0.614. The Bertz CT molecular complexity index is 471. The summed E-state index contributed by atoms with van der Waals surface area (Å²) in [5, 5.41) is 4.09. The molecule has 0 amide bonds. The predicted molar refractivity (Wildman–Crippen MR) is 51.3 cm³/mol. The molecule has 5 heteroatoms. The molecule has 0 aliphatic rings. The maximum atomic E-state index is 5.71. The Hall–Kier alpha value is -1.78. The lowest BCUT2D eigenvalue weighted by atomic mass is 10.2. The van der Waals surface area contributed by atoms with E-state index in [2.05, 4.69) is 10.1 Å². The van der Waals surface area contributed by atoms with Crippen molar-refractivity contribution in [3.63, 3.8) is 0 Å². The minimum Gasteiger partial charge on any atom is -0.394 e. The Labute approximate surface area is 75.4 Å². The van der Waals surface area contributed by atoms with Crippen LogP contribution < -0.4 is 11.5 Å². The van der Waals surface area contributed by atoms with E-state index < -0.39 is 0 Å². The summed E-state index contributed by atoms with van der Waals surface area (Å²) < 4.78 is 1.70. The van der Waals surface area contributed by atoms with Crippen molar-refractivity contribution < 1.29 is 0 Å². The van der Waals surface area contributed by atoms with Crippen molar-refractivity contribution in [1.29, 1.82) is 0 Å². The summed E-state index contributed by atoms with van der Waals surface area (Å²) in [4.78, 5) is 4.15. The SMILES string of the molecule is Cc1c(N)nc2c(N)cnn2c1C. The van der Waals surface area contributed by atoms with E-state index in [-0.39, 0.29) is 0 Å². The molecule has 2 rings (SSSR count). The van der Waals surface area contributed by atoms with Crippen molar-refractivity contribution in [3.05, 3.63) is 17.5 Å². The van der Waals surface area contributed by atoms with Crippen LogP contribution in [0.1, 0.15) is 11.3 Å². The summed E-state index contributed by atoms with van der Waals surface area (Å²) >= 11 is 0. The van der Waals surface area contributed by atoms with Crippen LogP contribution in [0.25, 0.3) is 5.65 Å². The summed E-state index contributed by atoms with van der Waals surface area (Å²) in [5.74, 6) is 0.511. The van der Waals surface area contributed by atoms with E-state index in [9.17, 15) is 0 Å². The maximum Gasteiger partial charge on any atom is 0.180 e. The summed E-state index contributed by atoms with van der Waals surface area (Å²) in [6.45, 7) is 3.85. The molecule has 0 atom stereocenters. The number of nitrogen functional groups attached to an aromatic ring is 2. The number of aryl methyl sites for hydroxylation is 1. The van der Waals surface area contributed by atoms with Crippen molar-refractivity contribution in [3.8, 4) is 0 Å². The van der Waals surface area contributed by atoms with Crippen LogP contribution in [-0.2, 0) is 0 Å². The fraction of sp³-hybridized carbons (Fsp3) is 0.250. The molecule has 0 aromatic carbocycles. The average molecular weight is 177 g/mol. The first-order valence-electron chi connectivity index (χ1n) is 3.97. The highest BCUT2D eigenvalue weighted by atomic mass is 15.3. The van der Waals surface area contributed by atoms with Crippen LogP contribution >= 0.6 is 0 Å². The number of hydrogen-bond acceptors (Lipinski definition) is 4. The molecule has 2 aromatic heterocycles. The molecule has 13 heavy (non-hydrogen) atoms. The highest BCUT2D eigenvalue weighted by Crippen LogP contribution is 2.18. The molecule has 0 radical (unpaired) electrons. The van der Waals surface area contributed by atoms with Gasteiger partial charge in [0.05, 0.1) is 11.9 Å². The Kier molecular flexibility index (Phi) is 1.42. The van der Waals surface area contributed by atoms with Gasteiger partial charge in [-0.15, -0.1) is 0 Å². The van der Waals surface area contributed by atoms with Crippen LogP contribution in [-0.4, -0.2) is 14.6 Å². The molecule has 2 aromatic rings. The van der Waals surface area contributed by atoms with Crippen molar-refractivity contribution in [2.24, 2.45) is 0 Å². The molecule has 5 nitrogen and oxygen atoms in total. The molecule has 0 bridgehead atoms. The molecule has 0 fully saturated rings. The van der Waals surface area contributed by atoms with Gasteiger partial charge in [0.15, 0.2) is 5.65 Å². The standard InChI is InChI=1S/C8H11N5/c1-4-5(2)13-8(12-7(4)10)6(9)3-11-13/h3H,9H2,1-2H3,(H2,10,12). The topological polar surface area (TPSA) is 82.2 Å². The largest absolute Gasteiger partial charge is 0.394 e. The zero-order valence-electron chi connectivity index (χ0n) is 7.57. The first-order valence-corrected chi connectivity index (χ1v) is 3.97. The van der Waals surface area contributed by atoms with Gasteiger partial charge in [-0.3, -0.25) is 0 Å². The van der Waals surface area contributed by atoms with Gasteiger partial charge in [0.25, 0.3) is 0 Å². The molecule has 0 aliphatic carbocycles. The van der Waals surface area contributed by atoms with Crippen LogP contribution in [0.5, 0.6) is 0 Å². The normalized spacial score (nSPS) is 10.9. The van der Waals surface area contributed by atoms with Crippen molar-refractivity contribution >= 4 is 17.2 Å². The van der Waals surface area contributed by atoms with Gasteiger partial charge in [-0.05, 0) is 13.8 Å². The second-order valence-corrected chi connectivity index (χ2v) is 3.04. The Morgan fingerprint density at radius 2 is 2.00 bits per heavy atom. The van der Waals surface area contributed by atoms with Crippen molar-refractivity contribution in [2.75, 3.05) is 11.5 Å². The Morgan fingerprint density at radius 1 is 1.31 bits per heavy atom. The minimum atomic E-state index is 0.511. The zero-order valence-corrected chi connectivity index (χ0v) is 7.57. The third-order valence-electron chi connectivity index (χ3n) is 2.24. The van der Waals surface area contributed by atoms with E-state index in [0.29, 0.717) is 17.2 Å². The molecular formula is C8H11N5. The van der Waals surface area contributed by atoms with Gasteiger partial charge in [0, 0.05) is 11.3 Å². The lowest BCUT2D eigenvalue weighted by Gasteiger charge is -2.05. The van der Waals surface area contributed by atoms with Gasteiger partial charge < -0.3 is 11.5 Å².